The van der Waals surface area contributed by atoms with Crippen LogP contribution in [0.25, 0.3) is 0 Å². The normalized spacial score (nSPS) is 20.7. The van der Waals surface area contributed by atoms with Crippen molar-refractivity contribution in [2.45, 2.75) is 54.7 Å². The Hall–Kier alpha value is -1.53. The minimum absolute atomic E-state index is 0.0110. The first kappa shape index (κ1) is 17.3. The summed E-state index contributed by atoms with van der Waals surface area (Å²) < 4.78 is 1.15. The van der Waals surface area contributed by atoms with Crippen LogP contribution in [0.4, 0.5) is 0 Å². The highest BCUT2D eigenvalue weighted by atomic mass is 32.2. The molecule has 1 aromatic carbocycles. The lowest BCUT2D eigenvalue weighted by molar-refractivity contribution is -0.121. The zero-order chi connectivity index (χ0) is 16.9. The Labute approximate surface area is 150 Å². The second-order valence-corrected chi connectivity index (χ2v) is 8.62. The molecular formula is C18H22N2O2S2. The summed E-state index contributed by atoms with van der Waals surface area (Å²) in [5, 5.41) is 15.6. The SMILES string of the molecule is Cc1csc(SC2CCC(NC(=O)Cc3ccccc3O)CC2)n1. The van der Waals surface area contributed by atoms with Gasteiger partial charge >= 0.3 is 0 Å². The van der Waals surface area contributed by atoms with Crippen LogP contribution in [0.15, 0.2) is 34.0 Å². The standard InChI is InChI=1S/C18H22N2O2S2/c1-12-11-23-18(19-12)24-15-8-6-14(7-9-15)20-17(22)10-13-4-2-3-5-16(13)21/h2-5,11,14-15,21H,6-10H2,1H3,(H,20,22). The second kappa shape index (κ2) is 8.03. The third-order valence-electron chi connectivity index (χ3n) is 4.25. The molecule has 0 bridgehead atoms. The average molecular weight is 363 g/mol. The van der Waals surface area contributed by atoms with Crippen LogP contribution < -0.4 is 5.32 Å². The molecule has 0 spiro atoms. The van der Waals surface area contributed by atoms with Gasteiger partial charge in [0, 0.05) is 27.9 Å². The number of amides is 1. The molecule has 2 aromatic rings. The molecule has 1 aliphatic rings. The number of thioether (sulfide) groups is 1. The van der Waals surface area contributed by atoms with Gasteiger partial charge in [-0.1, -0.05) is 30.0 Å². The molecule has 4 nitrogen and oxygen atoms in total. The fourth-order valence-electron chi connectivity index (χ4n) is 2.97. The summed E-state index contributed by atoms with van der Waals surface area (Å²) in [5.41, 5.74) is 1.77. The number of hydrogen-bond acceptors (Lipinski definition) is 5. The van der Waals surface area contributed by atoms with Crippen LogP contribution in [0.2, 0.25) is 0 Å². The Morgan fingerprint density at radius 2 is 2.08 bits per heavy atom. The van der Waals surface area contributed by atoms with Crippen molar-refractivity contribution >= 4 is 29.0 Å². The van der Waals surface area contributed by atoms with Gasteiger partial charge in [0.25, 0.3) is 0 Å². The highest BCUT2D eigenvalue weighted by molar-refractivity contribution is 8.01. The first-order valence-corrected chi connectivity index (χ1v) is 10.0. The summed E-state index contributed by atoms with van der Waals surface area (Å²) in [6, 6.07) is 7.26. The van der Waals surface area contributed by atoms with Crippen LogP contribution in [0, 0.1) is 6.92 Å². The quantitative estimate of drug-likeness (QED) is 0.846. The summed E-state index contributed by atoms with van der Waals surface area (Å²) in [4.78, 5) is 16.7. The van der Waals surface area contributed by atoms with Crippen LogP contribution >= 0.6 is 23.1 Å². The average Bonchev–Trinajstić information content (AvgIpc) is 2.96. The number of hydrogen-bond donors (Lipinski definition) is 2. The molecule has 2 N–H and O–H groups in total. The number of rotatable bonds is 5. The Kier molecular flexibility index (Phi) is 5.79. The number of aromatic nitrogens is 1. The van der Waals surface area contributed by atoms with E-state index in [-0.39, 0.29) is 24.1 Å². The van der Waals surface area contributed by atoms with Crippen LogP contribution in [0.3, 0.4) is 0 Å². The summed E-state index contributed by atoms with van der Waals surface area (Å²) in [6.45, 7) is 2.03. The van der Waals surface area contributed by atoms with Crippen LogP contribution in [-0.4, -0.2) is 27.3 Å². The van der Waals surface area contributed by atoms with E-state index in [1.165, 1.54) is 0 Å². The van der Waals surface area contributed by atoms with E-state index in [4.69, 9.17) is 0 Å². The molecule has 0 unspecified atom stereocenters. The van der Waals surface area contributed by atoms with Crippen LogP contribution in [-0.2, 0) is 11.2 Å². The molecule has 1 saturated carbocycles. The summed E-state index contributed by atoms with van der Waals surface area (Å²) >= 11 is 3.59. The van der Waals surface area contributed by atoms with Crippen molar-refractivity contribution < 1.29 is 9.90 Å². The zero-order valence-corrected chi connectivity index (χ0v) is 15.3. The van der Waals surface area contributed by atoms with Gasteiger partial charge in [0.2, 0.25) is 5.91 Å². The minimum atomic E-state index is -0.0110. The number of benzene rings is 1. The first-order chi connectivity index (χ1) is 11.6. The molecule has 24 heavy (non-hydrogen) atoms. The topological polar surface area (TPSA) is 62.2 Å². The molecule has 0 saturated heterocycles. The Bertz CT molecular complexity index is 694. The van der Waals surface area contributed by atoms with Crippen molar-refractivity contribution in [3.8, 4) is 5.75 Å². The van der Waals surface area contributed by atoms with E-state index in [0.717, 1.165) is 35.7 Å². The van der Waals surface area contributed by atoms with Crippen molar-refractivity contribution in [3.05, 3.63) is 40.9 Å². The molecule has 1 amide bonds. The first-order valence-electron chi connectivity index (χ1n) is 8.25. The number of aromatic hydroxyl groups is 1. The number of para-hydroxylation sites is 1. The van der Waals surface area contributed by atoms with Crippen LogP contribution in [0.1, 0.15) is 36.9 Å². The Balaban J connectivity index is 1.43. The van der Waals surface area contributed by atoms with Crippen molar-refractivity contribution in [1.82, 2.24) is 10.3 Å². The van der Waals surface area contributed by atoms with Gasteiger partial charge in [0.05, 0.1) is 6.42 Å². The molecule has 6 heteroatoms. The van der Waals surface area contributed by atoms with Gasteiger partial charge in [0.15, 0.2) is 0 Å². The van der Waals surface area contributed by atoms with E-state index in [2.05, 4.69) is 15.7 Å². The zero-order valence-electron chi connectivity index (χ0n) is 13.7. The van der Waals surface area contributed by atoms with Gasteiger partial charge in [-0.25, -0.2) is 4.98 Å². The third-order valence-corrected chi connectivity index (χ3v) is 6.67. The maximum absolute atomic E-state index is 12.2. The maximum Gasteiger partial charge on any atom is 0.224 e. The molecule has 128 valence electrons. The number of nitrogens with one attached hydrogen (secondary N) is 1. The number of aryl methyl sites for hydroxylation is 1. The van der Waals surface area contributed by atoms with Gasteiger partial charge in [-0.2, -0.15) is 0 Å². The summed E-state index contributed by atoms with van der Waals surface area (Å²) in [6.07, 6.45) is 4.46. The lowest BCUT2D eigenvalue weighted by atomic mass is 9.94. The second-order valence-electron chi connectivity index (χ2n) is 6.22. The fraction of sp³-hybridized carbons (Fsp3) is 0.444. The van der Waals surface area contributed by atoms with Crippen LogP contribution in [0.5, 0.6) is 5.75 Å². The van der Waals surface area contributed by atoms with E-state index in [0.29, 0.717) is 10.8 Å². The van der Waals surface area contributed by atoms with Gasteiger partial charge in [-0.3, -0.25) is 4.79 Å². The van der Waals surface area contributed by atoms with Gasteiger partial charge in [0.1, 0.15) is 10.1 Å². The third kappa shape index (κ3) is 4.74. The predicted molar refractivity (Wildman–Crippen MR) is 98.7 cm³/mol. The Morgan fingerprint density at radius 1 is 1.33 bits per heavy atom. The number of carbonyl (C=O) groups excluding carboxylic acids is 1. The number of phenolic OH excluding ortho intramolecular Hbond substituents is 1. The summed E-state index contributed by atoms with van der Waals surface area (Å²) in [7, 11) is 0. The molecule has 1 aromatic heterocycles. The lowest BCUT2D eigenvalue weighted by Gasteiger charge is -2.28. The van der Waals surface area contributed by atoms with Crippen molar-refractivity contribution in [1.29, 1.82) is 0 Å². The largest absolute Gasteiger partial charge is 0.508 e. The monoisotopic (exact) mass is 362 g/mol. The molecule has 1 aliphatic carbocycles. The van der Waals surface area contributed by atoms with Crippen molar-refractivity contribution in [3.63, 3.8) is 0 Å². The van der Waals surface area contributed by atoms with Gasteiger partial charge in [-0.05, 0) is 38.7 Å². The number of thiazole rings is 1. The Morgan fingerprint density at radius 3 is 2.75 bits per heavy atom. The number of nitrogens with zero attached hydrogens (tertiary/aromatic N) is 1. The highest BCUT2D eigenvalue weighted by Crippen LogP contribution is 2.35. The molecule has 1 fully saturated rings. The van der Waals surface area contributed by atoms with E-state index in [9.17, 15) is 9.90 Å². The predicted octanol–water partition coefficient (Wildman–Crippen LogP) is 3.92. The van der Waals surface area contributed by atoms with Crippen molar-refractivity contribution in [2.24, 2.45) is 0 Å². The van der Waals surface area contributed by atoms with Crippen molar-refractivity contribution in [2.75, 3.05) is 0 Å². The number of phenols is 1. The molecule has 0 radical (unpaired) electrons. The molecule has 1 heterocycles. The fourth-order valence-corrected chi connectivity index (χ4v) is 5.25. The smallest absolute Gasteiger partial charge is 0.224 e. The molecule has 0 atom stereocenters. The molecule has 0 aliphatic heterocycles. The highest BCUT2D eigenvalue weighted by Gasteiger charge is 2.24. The van der Waals surface area contributed by atoms with Gasteiger partial charge in [-0.15, -0.1) is 11.3 Å². The summed E-state index contributed by atoms with van der Waals surface area (Å²) in [5.74, 6) is 0.176. The minimum Gasteiger partial charge on any atom is -0.508 e. The molecular weight excluding hydrogens is 340 g/mol. The number of carbonyl (C=O) groups is 1. The lowest BCUT2D eigenvalue weighted by Crippen LogP contribution is -2.38. The molecule has 3 rings (SSSR count). The van der Waals surface area contributed by atoms with E-state index < -0.39 is 0 Å². The van der Waals surface area contributed by atoms with E-state index in [1.807, 2.05) is 24.8 Å². The van der Waals surface area contributed by atoms with E-state index >= 15 is 0 Å². The maximum atomic E-state index is 12.2. The van der Waals surface area contributed by atoms with E-state index in [1.54, 1.807) is 29.5 Å². The van der Waals surface area contributed by atoms with Gasteiger partial charge < -0.3 is 10.4 Å².